The number of fused-ring (bicyclic) bond motifs is 1. The summed E-state index contributed by atoms with van der Waals surface area (Å²) in [6.45, 7) is 5.57. The number of benzene rings is 1. The molecular weight excluding hydrogens is 316 g/mol. The molecule has 122 valence electrons. The van der Waals surface area contributed by atoms with Gasteiger partial charge in [-0.05, 0) is 30.5 Å². The van der Waals surface area contributed by atoms with Crippen molar-refractivity contribution in [2.24, 2.45) is 0 Å². The fourth-order valence-electron chi connectivity index (χ4n) is 2.53. The lowest BCUT2D eigenvalue weighted by Crippen LogP contribution is -2.25. The van der Waals surface area contributed by atoms with E-state index in [-0.39, 0.29) is 11.4 Å². The highest BCUT2D eigenvalue weighted by atomic mass is 35.5. The topological polar surface area (TPSA) is 63.6 Å². The van der Waals surface area contributed by atoms with E-state index in [4.69, 9.17) is 21.4 Å². The molecule has 0 radical (unpaired) electrons. The van der Waals surface area contributed by atoms with Crippen LogP contribution in [0.5, 0.6) is 0 Å². The van der Waals surface area contributed by atoms with Crippen LogP contribution in [0.2, 0.25) is 0 Å². The maximum absolute atomic E-state index is 12.5. The number of hydrogen-bond donors (Lipinski definition) is 1. The zero-order chi connectivity index (χ0) is 17.3. The van der Waals surface area contributed by atoms with Crippen LogP contribution in [0, 0.1) is 0 Å². The van der Waals surface area contributed by atoms with Gasteiger partial charge in [0.1, 0.15) is 11.1 Å². The average Bonchev–Trinajstić information content (AvgIpc) is 2.51. The maximum atomic E-state index is 12.5. The van der Waals surface area contributed by atoms with Crippen molar-refractivity contribution in [3.63, 3.8) is 0 Å². The lowest BCUT2D eigenvalue weighted by Gasteiger charge is -2.25. The predicted molar refractivity (Wildman–Crippen MR) is 89.8 cm³/mol. The molecule has 23 heavy (non-hydrogen) atoms. The van der Waals surface area contributed by atoms with Crippen molar-refractivity contribution in [1.82, 2.24) is 0 Å². The zero-order valence-corrected chi connectivity index (χ0v) is 14.3. The Morgan fingerprint density at radius 1 is 1.35 bits per heavy atom. The second kappa shape index (κ2) is 6.59. The molecule has 1 aromatic carbocycles. The number of hydrogen-bond acceptors (Lipinski definition) is 3. The van der Waals surface area contributed by atoms with Gasteiger partial charge in [0.2, 0.25) is 0 Å². The maximum Gasteiger partial charge on any atom is 0.331 e. The van der Waals surface area contributed by atoms with Gasteiger partial charge < -0.3 is 9.84 Å². The fourth-order valence-corrected chi connectivity index (χ4v) is 2.81. The number of Topliss-reactive ketones (excluding diaryl/α,β-unsaturated/α-hetero) is 1. The number of carbonyl (C=O) groups is 2. The summed E-state index contributed by atoms with van der Waals surface area (Å²) >= 11 is 6.26. The average molecular weight is 335 g/mol. The Morgan fingerprint density at radius 3 is 2.52 bits per heavy atom. The fraction of sp³-hybridized carbons (Fsp3) is 0.333. The van der Waals surface area contributed by atoms with Crippen molar-refractivity contribution in [3.05, 3.63) is 52.1 Å². The van der Waals surface area contributed by atoms with Gasteiger partial charge in [0.05, 0.1) is 7.11 Å². The molecule has 0 aromatic heterocycles. The van der Waals surface area contributed by atoms with Gasteiger partial charge in [-0.3, -0.25) is 4.79 Å². The Kier molecular flexibility index (Phi) is 4.95. The number of methoxy groups -OCH3 is 1. The van der Waals surface area contributed by atoms with Crippen LogP contribution in [0.3, 0.4) is 0 Å². The number of aliphatic carboxylic acids is 1. The van der Waals surface area contributed by atoms with Gasteiger partial charge in [-0.15, -0.1) is 11.6 Å². The third kappa shape index (κ3) is 3.17. The van der Waals surface area contributed by atoms with E-state index in [1.165, 1.54) is 20.1 Å². The van der Waals surface area contributed by atoms with E-state index in [0.29, 0.717) is 28.4 Å². The van der Waals surface area contributed by atoms with Gasteiger partial charge in [-0.1, -0.05) is 26.0 Å². The largest absolute Gasteiger partial charge is 0.496 e. The summed E-state index contributed by atoms with van der Waals surface area (Å²) in [6, 6.07) is 5.57. The molecule has 1 aliphatic carbocycles. The first kappa shape index (κ1) is 17.3. The SMILES string of the molecule is COC1=C(/C=C(/C)C(=O)O)C(Cl)C(=O)c2ccc(C(C)C)cc21. The first-order valence-electron chi connectivity index (χ1n) is 7.30. The molecule has 1 unspecified atom stereocenters. The molecule has 0 heterocycles. The molecule has 2 rings (SSSR count). The van der Waals surface area contributed by atoms with Crippen molar-refractivity contribution in [1.29, 1.82) is 0 Å². The number of carbonyl (C=O) groups excluding carboxylic acids is 1. The summed E-state index contributed by atoms with van der Waals surface area (Å²) in [5.41, 5.74) is 2.70. The van der Waals surface area contributed by atoms with E-state index in [1.807, 2.05) is 12.1 Å². The molecular formula is C18H19ClO4. The third-order valence-corrected chi connectivity index (χ3v) is 4.33. The second-order valence-electron chi connectivity index (χ2n) is 5.81. The predicted octanol–water partition coefficient (Wildman–Crippen LogP) is 4.00. The molecule has 0 amide bonds. The van der Waals surface area contributed by atoms with E-state index in [9.17, 15) is 9.59 Å². The minimum Gasteiger partial charge on any atom is -0.496 e. The normalized spacial score (nSPS) is 18.3. The molecule has 5 heteroatoms. The third-order valence-electron chi connectivity index (χ3n) is 3.90. The van der Waals surface area contributed by atoms with E-state index < -0.39 is 11.3 Å². The smallest absolute Gasteiger partial charge is 0.331 e. The number of carboxylic acid groups (broad SMARTS) is 1. The van der Waals surface area contributed by atoms with Crippen molar-refractivity contribution in [2.45, 2.75) is 32.1 Å². The van der Waals surface area contributed by atoms with Crippen LogP contribution in [0.15, 0.2) is 35.4 Å². The van der Waals surface area contributed by atoms with Gasteiger partial charge in [0.25, 0.3) is 0 Å². The van der Waals surface area contributed by atoms with Crippen LogP contribution < -0.4 is 0 Å². The first-order valence-corrected chi connectivity index (χ1v) is 7.73. The Bertz CT molecular complexity index is 729. The summed E-state index contributed by atoms with van der Waals surface area (Å²) in [5.74, 6) is -0.571. The Hall–Kier alpha value is -2.07. The highest BCUT2D eigenvalue weighted by molar-refractivity contribution is 6.38. The Balaban J connectivity index is 2.73. The lowest BCUT2D eigenvalue weighted by atomic mass is 9.85. The van der Waals surface area contributed by atoms with Crippen LogP contribution in [0.4, 0.5) is 0 Å². The first-order chi connectivity index (χ1) is 10.8. The number of ether oxygens (including phenoxy) is 1. The van der Waals surface area contributed by atoms with Crippen LogP contribution in [0.25, 0.3) is 5.76 Å². The summed E-state index contributed by atoms with van der Waals surface area (Å²) in [6.07, 6.45) is 1.40. The molecule has 0 fully saturated rings. The van der Waals surface area contributed by atoms with Gasteiger partial charge in [0.15, 0.2) is 5.78 Å². The molecule has 0 bridgehead atoms. The zero-order valence-electron chi connectivity index (χ0n) is 13.5. The number of alkyl halides is 1. The quantitative estimate of drug-likeness (QED) is 0.667. The Labute approximate surface area is 140 Å². The number of halogens is 1. The van der Waals surface area contributed by atoms with E-state index in [1.54, 1.807) is 6.07 Å². The summed E-state index contributed by atoms with van der Waals surface area (Å²) < 4.78 is 5.47. The molecule has 0 aliphatic heterocycles. The number of allylic oxidation sites excluding steroid dienone is 2. The lowest BCUT2D eigenvalue weighted by molar-refractivity contribution is -0.132. The van der Waals surface area contributed by atoms with Gasteiger partial charge in [-0.25, -0.2) is 4.79 Å². The van der Waals surface area contributed by atoms with Gasteiger partial charge in [0, 0.05) is 22.3 Å². The van der Waals surface area contributed by atoms with Crippen LogP contribution in [-0.2, 0) is 9.53 Å². The van der Waals surface area contributed by atoms with Crippen molar-refractivity contribution in [3.8, 4) is 0 Å². The molecule has 0 spiro atoms. The Morgan fingerprint density at radius 2 is 2.00 bits per heavy atom. The summed E-state index contributed by atoms with van der Waals surface area (Å²) in [7, 11) is 1.49. The number of carboxylic acids is 1. The summed E-state index contributed by atoms with van der Waals surface area (Å²) in [4.78, 5) is 23.6. The van der Waals surface area contributed by atoms with Crippen LogP contribution >= 0.6 is 11.6 Å². The molecule has 4 nitrogen and oxygen atoms in total. The highest BCUT2D eigenvalue weighted by Gasteiger charge is 2.33. The number of ketones is 1. The van der Waals surface area contributed by atoms with Crippen molar-refractivity contribution in [2.75, 3.05) is 7.11 Å². The van der Waals surface area contributed by atoms with E-state index in [2.05, 4.69) is 13.8 Å². The van der Waals surface area contributed by atoms with Crippen LogP contribution in [0.1, 0.15) is 48.2 Å². The molecule has 0 saturated heterocycles. The molecule has 1 N–H and O–H groups in total. The standard InChI is InChI=1S/C18H19ClO4/c1-9(2)11-5-6-12-13(8-11)17(23-4)14(15(19)16(12)20)7-10(3)18(21)22/h5-9,15H,1-4H3,(H,21,22)/b10-7-. The van der Waals surface area contributed by atoms with Gasteiger partial charge >= 0.3 is 5.97 Å². The molecule has 1 aromatic rings. The van der Waals surface area contributed by atoms with Gasteiger partial charge in [-0.2, -0.15) is 0 Å². The number of rotatable bonds is 4. The molecule has 0 saturated carbocycles. The van der Waals surface area contributed by atoms with Crippen molar-refractivity contribution < 1.29 is 19.4 Å². The van der Waals surface area contributed by atoms with E-state index >= 15 is 0 Å². The monoisotopic (exact) mass is 334 g/mol. The van der Waals surface area contributed by atoms with Crippen LogP contribution in [-0.4, -0.2) is 29.3 Å². The second-order valence-corrected chi connectivity index (χ2v) is 6.24. The summed E-state index contributed by atoms with van der Waals surface area (Å²) in [5, 5.41) is 8.11. The highest BCUT2D eigenvalue weighted by Crippen LogP contribution is 2.37. The molecule has 1 aliphatic rings. The minimum absolute atomic E-state index is 0.0939. The van der Waals surface area contributed by atoms with Crippen molar-refractivity contribution >= 4 is 29.1 Å². The minimum atomic E-state index is -1.06. The molecule has 1 atom stereocenters. The van der Waals surface area contributed by atoms with E-state index in [0.717, 1.165) is 5.56 Å².